The lowest BCUT2D eigenvalue weighted by Crippen LogP contribution is -2.32. The van der Waals surface area contributed by atoms with Crippen LogP contribution in [0.3, 0.4) is 0 Å². The Labute approximate surface area is 221 Å². The van der Waals surface area contributed by atoms with Gasteiger partial charge in [-0.05, 0) is 73.6 Å². The van der Waals surface area contributed by atoms with Gasteiger partial charge in [0.15, 0.2) is 0 Å². The standard InChI is InChI=1S/C29H33F3N4O2/c1-20(30)7-14-28(37)36(17-5-3-4-6-24-19-26(22-8-9-22)34-35(24)2)27-18-23(15-16-33-27)21-10-12-25(13-11-21)38-29(31)32/h10-13,15-16,18-19,22,29H,1,3-9,14,17H2,2H3. The normalized spacial score (nSPS) is 13.1. The summed E-state index contributed by atoms with van der Waals surface area (Å²) < 4.78 is 44.6. The molecule has 38 heavy (non-hydrogen) atoms. The molecule has 0 atom stereocenters. The van der Waals surface area contributed by atoms with Crippen molar-refractivity contribution in [1.29, 1.82) is 0 Å². The summed E-state index contributed by atoms with van der Waals surface area (Å²) in [5.41, 5.74) is 3.95. The van der Waals surface area contributed by atoms with Gasteiger partial charge in [0.2, 0.25) is 5.91 Å². The lowest BCUT2D eigenvalue weighted by molar-refractivity contribution is -0.118. The van der Waals surface area contributed by atoms with Crippen LogP contribution in [-0.4, -0.2) is 33.8 Å². The van der Waals surface area contributed by atoms with Crippen molar-refractivity contribution in [1.82, 2.24) is 14.8 Å². The van der Waals surface area contributed by atoms with Crippen molar-refractivity contribution >= 4 is 11.7 Å². The summed E-state index contributed by atoms with van der Waals surface area (Å²) in [6.45, 7) is 0.821. The van der Waals surface area contributed by atoms with E-state index in [4.69, 9.17) is 0 Å². The molecule has 1 aliphatic carbocycles. The third-order valence-corrected chi connectivity index (χ3v) is 6.65. The SMILES string of the molecule is C=C(F)CCC(=O)N(CCCCCc1cc(C2CC2)nn1C)c1cc(-c2ccc(OC(F)F)cc2)ccn1. The molecule has 1 amide bonds. The highest BCUT2D eigenvalue weighted by molar-refractivity contribution is 5.93. The Morgan fingerprint density at radius 2 is 1.87 bits per heavy atom. The minimum Gasteiger partial charge on any atom is -0.435 e. The van der Waals surface area contributed by atoms with Crippen molar-refractivity contribution in [3.8, 4) is 16.9 Å². The number of allylic oxidation sites excluding steroid dienone is 1. The molecule has 1 fully saturated rings. The summed E-state index contributed by atoms with van der Waals surface area (Å²) in [6, 6.07) is 12.0. The number of benzene rings is 1. The van der Waals surface area contributed by atoms with Gasteiger partial charge in [-0.2, -0.15) is 13.9 Å². The number of aryl methyl sites for hydroxylation is 2. The molecule has 1 saturated carbocycles. The maximum atomic E-state index is 13.3. The molecule has 4 rings (SSSR count). The molecule has 0 radical (unpaired) electrons. The van der Waals surface area contributed by atoms with E-state index in [1.165, 1.54) is 36.4 Å². The van der Waals surface area contributed by atoms with E-state index in [1.807, 2.05) is 11.7 Å². The zero-order chi connectivity index (χ0) is 27.1. The summed E-state index contributed by atoms with van der Waals surface area (Å²) in [7, 11) is 1.98. The van der Waals surface area contributed by atoms with Gasteiger partial charge in [-0.15, -0.1) is 0 Å². The van der Waals surface area contributed by atoms with E-state index >= 15 is 0 Å². The van der Waals surface area contributed by atoms with Crippen molar-refractivity contribution in [3.63, 3.8) is 0 Å². The number of rotatable bonds is 14. The molecule has 0 unspecified atom stereocenters. The molecular formula is C29H33F3N4O2. The van der Waals surface area contributed by atoms with E-state index in [9.17, 15) is 18.0 Å². The van der Waals surface area contributed by atoms with Crippen LogP contribution in [0.4, 0.5) is 19.0 Å². The highest BCUT2D eigenvalue weighted by atomic mass is 19.3. The van der Waals surface area contributed by atoms with Gasteiger partial charge in [-0.1, -0.05) is 25.1 Å². The number of carbonyl (C=O) groups is 1. The summed E-state index contributed by atoms with van der Waals surface area (Å²) >= 11 is 0. The monoisotopic (exact) mass is 526 g/mol. The van der Waals surface area contributed by atoms with Gasteiger partial charge in [-0.3, -0.25) is 14.4 Å². The molecule has 2 heterocycles. The number of hydrogen-bond acceptors (Lipinski definition) is 4. The number of unbranched alkanes of at least 4 members (excludes halogenated alkanes) is 2. The van der Waals surface area contributed by atoms with E-state index < -0.39 is 12.4 Å². The maximum absolute atomic E-state index is 13.3. The summed E-state index contributed by atoms with van der Waals surface area (Å²) in [5, 5.41) is 4.63. The number of aromatic nitrogens is 3. The number of ether oxygens (including phenoxy) is 1. The molecule has 0 aliphatic heterocycles. The second-order valence-corrected chi connectivity index (χ2v) is 9.64. The first-order valence-corrected chi connectivity index (χ1v) is 13.0. The quantitative estimate of drug-likeness (QED) is 0.213. The summed E-state index contributed by atoms with van der Waals surface area (Å²) in [4.78, 5) is 19.0. The summed E-state index contributed by atoms with van der Waals surface area (Å²) in [6.07, 6.45) is 7.58. The Hall–Kier alpha value is -3.62. The molecule has 0 bridgehead atoms. The van der Waals surface area contributed by atoms with Gasteiger partial charge in [0.1, 0.15) is 11.6 Å². The van der Waals surface area contributed by atoms with Crippen LogP contribution in [0, 0.1) is 0 Å². The van der Waals surface area contributed by atoms with Gasteiger partial charge in [0.05, 0.1) is 11.5 Å². The van der Waals surface area contributed by atoms with Gasteiger partial charge in [0, 0.05) is 44.2 Å². The van der Waals surface area contributed by atoms with Crippen LogP contribution in [0.15, 0.2) is 61.1 Å². The van der Waals surface area contributed by atoms with Crippen LogP contribution < -0.4 is 9.64 Å². The topological polar surface area (TPSA) is 60.2 Å². The Bertz CT molecular complexity index is 1240. The first kappa shape index (κ1) is 27.4. The number of halogens is 3. The van der Waals surface area contributed by atoms with Gasteiger partial charge in [0.25, 0.3) is 0 Å². The fraction of sp³-hybridized carbons (Fsp3) is 0.414. The zero-order valence-electron chi connectivity index (χ0n) is 21.6. The maximum Gasteiger partial charge on any atom is 0.387 e. The number of alkyl halides is 2. The molecule has 1 aliphatic rings. The first-order chi connectivity index (χ1) is 18.3. The van der Waals surface area contributed by atoms with Crippen LogP contribution >= 0.6 is 0 Å². The molecule has 9 heteroatoms. The van der Waals surface area contributed by atoms with Gasteiger partial charge in [-0.25, -0.2) is 9.37 Å². The number of amides is 1. The molecular weight excluding hydrogens is 493 g/mol. The fourth-order valence-electron chi connectivity index (χ4n) is 4.41. The van der Waals surface area contributed by atoms with E-state index in [1.54, 1.807) is 35.4 Å². The summed E-state index contributed by atoms with van der Waals surface area (Å²) in [5.74, 6) is 0.395. The lowest BCUT2D eigenvalue weighted by Gasteiger charge is -2.22. The molecule has 3 aromatic rings. The van der Waals surface area contributed by atoms with Crippen molar-refractivity contribution in [2.75, 3.05) is 11.4 Å². The number of pyridine rings is 1. The minimum absolute atomic E-state index is 0.000131. The third-order valence-electron chi connectivity index (χ3n) is 6.65. The highest BCUT2D eigenvalue weighted by Crippen LogP contribution is 2.39. The Kier molecular flexibility index (Phi) is 9.20. The van der Waals surface area contributed by atoms with Crippen molar-refractivity contribution in [3.05, 3.63) is 72.5 Å². The fourth-order valence-corrected chi connectivity index (χ4v) is 4.41. The third kappa shape index (κ3) is 7.69. The Morgan fingerprint density at radius 1 is 1.11 bits per heavy atom. The van der Waals surface area contributed by atoms with Crippen LogP contribution in [0.2, 0.25) is 0 Å². The average Bonchev–Trinajstić information content (AvgIpc) is 3.68. The zero-order valence-corrected chi connectivity index (χ0v) is 21.6. The van der Waals surface area contributed by atoms with Gasteiger partial charge >= 0.3 is 6.61 Å². The van der Waals surface area contributed by atoms with E-state index in [0.29, 0.717) is 18.3 Å². The Morgan fingerprint density at radius 3 is 2.55 bits per heavy atom. The van der Waals surface area contributed by atoms with E-state index in [-0.39, 0.29) is 24.5 Å². The first-order valence-electron chi connectivity index (χ1n) is 13.0. The molecule has 0 saturated heterocycles. The molecule has 0 spiro atoms. The Balaban J connectivity index is 1.39. The number of nitrogens with zero attached hydrogens (tertiary/aromatic N) is 4. The van der Waals surface area contributed by atoms with Crippen LogP contribution in [-0.2, 0) is 18.3 Å². The molecule has 0 N–H and O–H groups in total. The molecule has 6 nitrogen and oxygen atoms in total. The smallest absolute Gasteiger partial charge is 0.387 e. The highest BCUT2D eigenvalue weighted by Gasteiger charge is 2.26. The predicted octanol–water partition coefficient (Wildman–Crippen LogP) is 6.97. The number of carbonyl (C=O) groups excluding carboxylic acids is 1. The van der Waals surface area contributed by atoms with Crippen LogP contribution in [0.25, 0.3) is 11.1 Å². The van der Waals surface area contributed by atoms with E-state index in [2.05, 4.69) is 27.5 Å². The van der Waals surface area contributed by atoms with Crippen molar-refractivity contribution < 1.29 is 22.7 Å². The number of anilines is 1. The minimum atomic E-state index is -2.89. The molecule has 1 aromatic carbocycles. The number of hydrogen-bond donors (Lipinski definition) is 0. The van der Waals surface area contributed by atoms with Gasteiger partial charge < -0.3 is 4.74 Å². The van der Waals surface area contributed by atoms with Crippen LogP contribution in [0.1, 0.15) is 62.3 Å². The van der Waals surface area contributed by atoms with E-state index in [0.717, 1.165) is 36.8 Å². The predicted molar refractivity (Wildman–Crippen MR) is 141 cm³/mol. The largest absolute Gasteiger partial charge is 0.435 e. The molecule has 2 aromatic heterocycles. The average molecular weight is 527 g/mol. The molecule has 202 valence electrons. The van der Waals surface area contributed by atoms with Crippen LogP contribution in [0.5, 0.6) is 5.75 Å². The van der Waals surface area contributed by atoms with Crippen molar-refractivity contribution in [2.45, 2.75) is 63.9 Å². The second kappa shape index (κ2) is 12.8. The van der Waals surface area contributed by atoms with Crippen molar-refractivity contribution in [2.24, 2.45) is 7.05 Å². The second-order valence-electron chi connectivity index (χ2n) is 9.64. The lowest BCUT2D eigenvalue weighted by atomic mass is 10.1.